The molecule has 1 aromatic carbocycles. The fraction of sp³-hybridized carbons (Fsp3) is 0.231. The van der Waals surface area contributed by atoms with E-state index < -0.39 is 0 Å². The second-order valence-corrected chi connectivity index (χ2v) is 4.69. The van der Waals surface area contributed by atoms with E-state index in [1.54, 1.807) is 24.0 Å². The van der Waals surface area contributed by atoms with Crippen LogP contribution in [-0.4, -0.2) is 22.3 Å². The van der Waals surface area contributed by atoms with Crippen molar-refractivity contribution in [3.05, 3.63) is 42.6 Å². The van der Waals surface area contributed by atoms with Crippen molar-refractivity contribution in [2.24, 2.45) is 0 Å². The number of aromatic nitrogens is 2. The van der Waals surface area contributed by atoms with Crippen LogP contribution < -0.4 is 10.5 Å². The highest BCUT2D eigenvalue weighted by molar-refractivity contribution is 7.99. The lowest BCUT2D eigenvalue weighted by Gasteiger charge is -2.05. The first-order valence-electron chi connectivity index (χ1n) is 5.74. The van der Waals surface area contributed by atoms with Crippen LogP contribution in [0.1, 0.15) is 6.42 Å². The first-order chi connectivity index (χ1) is 8.84. The lowest BCUT2D eigenvalue weighted by Crippen LogP contribution is -1.99. The SMILES string of the molecule is Nc1ccnc(SCCCOc2ccccc2)n1. The summed E-state index contributed by atoms with van der Waals surface area (Å²) in [6, 6.07) is 11.5. The predicted molar refractivity (Wildman–Crippen MR) is 73.7 cm³/mol. The van der Waals surface area contributed by atoms with Crippen LogP contribution in [0, 0.1) is 0 Å². The van der Waals surface area contributed by atoms with Gasteiger partial charge in [-0.25, -0.2) is 9.97 Å². The van der Waals surface area contributed by atoms with Crippen molar-refractivity contribution < 1.29 is 4.74 Å². The van der Waals surface area contributed by atoms with Gasteiger partial charge in [0.2, 0.25) is 0 Å². The second kappa shape index (κ2) is 6.86. The van der Waals surface area contributed by atoms with Crippen LogP contribution in [0.15, 0.2) is 47.8 Å². The van der Waals surface area contributed by atoms with Crippen LogP contribution in [0.2, 0.25) is 0 Å². The number of hydrogen-bond acceptors (Lipinski definition) is 5. The van der Waals surface area contributed by atoms with E-state index in [1.807, 2.05) is 30.3 Å². The molecule has 0 unspecified atom stereocenters. The molecule has 4 nitrogen and oxygen atoms in total. The highest BCUT2D eigenvalue weighted by Crippen LogP contribution is 2.15. The number of hydrogen-bond donors (Lipinski definition) is 1. The Morgan fingerprint density at radius 1 is 1.17 bits per heavy atom. The second-order valence-electron chi connectivity index (χ2n) is 3.63. The molecule has 0 aliphatic rings. The number of benzene rings is 1. The van der Waals surface area contributed by atoms with Gasteiger partial charge in [0.05, 0.1) is 6.61 Å². The van der Waals surface area contributed by atoms with Crippen molar-refractivity contribution >= 4 is 17.6 Å². The van der Waals surface area contributed by atoms with Crippen molar-refractivity contribution in [2.45, 2.75) is 11.6 Å². The average Bonchev–Trinajstić information content (AvgIpc) is 2.40. The van der Waals surface area contributed by atoms with E-state index in [9.17, 15) is 0 Å². The molecule has 2 aromatic rings. The lowest BCUT2D eigenvalue weighted by atomic mass is 10.3. The smallest absolute Gasteiger partial charge is 0.189 e. The normalized spacial score (nSPS) is 10.2. The third-order valence-corrected chi connectivity index (χ3v) is 3.13. The Balaban J connectivity index is 1.65. The molecule has 0 spiro atoms. The van der Waals surface area contributed by atoms with E-state index in [2.05, 4.69) is 9.97 Å². The van der Waals surface area contributed by atoms with Gasteiger partial charge in [0.25, 0.3) is 0 Å². The van der Waals surface area contributed by atoms with Gasteiger partial charge in [-0.3, -0.25) is 0 Å². The van der Waals surface area contributed by atoms with Gasteiger partial charge in [-0.2, -0.15) is 0 Å². The standard InChI is InChI=1S/C13H15N3OS/c14-12-7-8-15-13(16-12)18-10-4-9-17-11-5-2-1-3-6-11/h1-3,5-8H,4,9-10H2,(H2,14,15,16). The Morgan fingerprint density at radius 2 is 2.00 bits per heavy atom. The zero-order valence-electron chi connectivity index (χ0n) is 9.95. The van der Waals surface area contributed by atoms with Crippen LogP contribution >= 0.6 is 11.8 Å². The molecule has 1 aromatic heterocycles. The minimum absolute atomic E-state index is 0.507. The quantitative estimate of drug-likeness (QED) is 0.492. The number of ether oxygens (including phenoxy) is 1. The molecule has 0 fully saturated rings. The van der Waals surface area contributed by atoms with Crippen molar-refractivity contribution in [3.8, 4) is 5.75 Å². The van der Waals surface area contributed by atoms with Crippen LogP contribution in [0.4, 0.5) is 5.82 Å². The van der Waals surface area contributed by atoms with Gasteiger partial charge in [0, 0.05) is 11.9 Å². The summed E-state index contributed by atoms with van der Waals surface area (Å²) in [6.07, 6.45) is 2.61. The summed E-state index contributed by atoms with van der Waals surface area (Å²) in [6.45, 7) is 0.694. The Bertz CT molecular complexity index is 479. The monoisotopic (exact) mass is 261 g/mol. The zero-order valence-corrected chi connectivity index (χ0v) is 10.8. The van der Waals surface area contributed by atoms with Gasteiger partial charge in [0.1, 0.15) is 11.6 Å². The minimum Gasteiger partial charge on any atom is -0.494 e. The summed E-state index contributed by atoms with van der Waals surface area (Å²) < 4.78 is 5.59. The van der Waals surface area contributed by atoms with Gasteiger partial charge in [0.15, 0.2) is 5.16 Å². The van der Waals surface area contributed by atoms with Gasteiger partial charge in [-0.15, -0.1) is 0 Å². The highest BCUT2D eigenvalue weighted by atomic mass is 32.2. The molecule has 1 heterocycles. The lowest BCUT2D eigenvalue weighted by molar-refractivity contribution is 0.318. The molecule has 0 saturated carbocycles. The number of nitrogen functional groups attached to an aromatic ring is 1. The van der Waals surface area contributed by atoms with Gasteiger partial charge >= 0.3 is 0 Å². The number of para-hydroxylation sites is 1. The molecule has 0 aliphatic carbocycles. The van der Waals surface area contributed by atoms with Crippen molar-refractivity contribution in [3.63, 3.8) is 0 Å². The minimum atomic E-state index is 0.507. The molecular formula is C13H15N3OS. The number of thioether (sulfide) groups is 1. The van der Waals surface area contributed by atoms with Crippen LogP contribution in [-0.2, 0) is 0 Å². The molecule has 0 aliphatic heterocycles. The molecule has 0 amide bonds. The summed E-state index contributed by atoms with van der Waals surface area (Å²) >= 11 is 1.59. The average molecular weight is 261 g/mol. The third-order valence-electron chi connectivity index (χ3n) is 2.19. The molecule has 0 radical (unpaired) electrons. The molecule has 2 rings (SSSR count). The summed E-state index contributed by atoms with van der Waals surface area (Å²) in [4.78, 5) is 8.24. The van der Waals surface area contributed by atoms with Gasteiger partial charge < -0.3 is 10.5 Å². The Labute approximate surface area is 111 Å². The van der Waals surface area contributed by atoms with E-state index in [0.717, 1.165) is 23.1 Å². The molecule has 5 heteroatoms. The maximum atomic E-state index is 5.59. The number of nitrogens with two attached hydrogens (primary N) is 1. The van der Waals surface area contributed by atoms with Crippen LogP contribution in [0.3, 0.4) is 0 Å². The maximum absolute atomic E-state index is 5.59. The zero-order chi connectivity index (χ0) is 12.6. The van der Waals surface area contributed by atoms with E-state index >= 15 is 0 Å². The number of rotatable bonds is 6. The Morgan fingerprint density at radius 3 is 2.78 bits per heavy atom. The summed E-state index contributed by atoms with van der Waals surface area (Å²) in [5.41, 5.74) is 5.58. The molecule has 0 atom stereocenters. The molecule has 94 valence electrons. The van der Waals surface area contributed by atoms with Gasteiger partial charge in [-0.1, -0.05) is 30.0 Å². The molecule has 0 bridgehead atoms. The topological polar surface area (TPSA) is 61.0 Å². The predicted octanol–water partition coefficient (Wildman–Crippen LogP) is 2.62. The van der Waals surface area contributed by atoms with E-state index in [-0.39, 0.29) is 0 Å². The van der Waals surface area contributed by atoms with Crippen LogP contribution in [0.25, 0.3) is 0 Å². The van der Waals surface area contributed by atoms with Crippen molar-refractivity contribution in [1.29, 1.82) is 0 Å². The molecule has 0 saturated heterocycles. The summed E-state index contributed by atoms with van der Waals surface area (Å²) in [5.74, 6) is 2.33. The molecule has 2 N–H and O–H groups in total. The molecule has 18 heavy (non-hydrogen) atoms. The van der Waals surface area contributed by atoms with Crippen molar-refractivity contribution in [1.82, 2.24) is 9.97 Å². The maximum Gasteiger partial charge on any atom is 0.189 e. The summed E-state index contributed by atoms with van der Waals surface area (Å²) in [7, 11) is 0. The fourth-order valence-electron chi connectivity index (χ4n) is 1.35. The third kappa shape index (κ3) is 4.25. The fourth-order valence-corrected chi connectivity index (χ4v) is 2.10. The largest absolute Gasteiger partial charge is 0.494 e. The molecular weight excluding hydrogens is 246 g/mol. The Hall–Kier alpha value is -1.75. The van der Waals surface area contributed by atoms with Crippen molar-refractivity contribution in [2.75, 3.05) is 18.1 Å². The highest BCUT2D eigenvalue weighted by Gasteiger charge is 1.98. The van der Waals surface area contributed by atoms with Crippen LogP contribution in [0.5, 0.6) is 5.75 Å². The van der Waals surface area contributed by atoms with E-state index in [0.29, 0.717) is 12.4 Å². The number of anilines is 1. The number of nitrogens with zero attached hydrogens (tertiary/aromatic N) is 2. The summed E-state index contributed by atoms with van der Waals surface area (Å²) in [5, 5.41) is 0.717. The Kier molecular flexibility index (Phi) is 4.84. The first kappa shape index (κ1) is 12.7. The van der Waals surface area contributed by atoms with E-state index in [1.165, 1.54) is 0 Å². The first-order valence-corrected chi connectivity index (χ1v) is 6.72. The van der Waals surface area contributed by atoms with Gasteiger partial charge in [-0.05, 0) is 24.6 Å². The van der Waals surface area contributed by atoms with E-state index in [4.69, 9.17) is 10.5 Å².